The largest absolute Gasteiger partial charge is 0.339 e. The zero-order chi connectivity index (χ0) is 20.9. The lowest BCUT2D eigenvalue weighted by Gasteiger charge is -2.09. The Morgan fingerprint density at radius 1 is 0.733 bits per heavy atom. The number of aryl methyl sites for hydroxylation is 2. The summed E-state index contributed by atoms with van der Waals surface area (Å²) in [6.07, 6.45) is 0. The van der Waals surface area contributed by atoms with Gasteiger partial charge in [0, 0.05) is 22.5 Å². The predicted octanol–water partition coefficient (Wildman–Crippen LogP) is 5.76. The SMILES string of the molecule is Cc1ccc(NC(=O)c2cccc(Nc3ccc(-c4ccc(C)cc4)nn3)c2)cc1. The first-order chi connectivity index (χ1) is 14.6. The van der Waals surface area contributed by atoms with Gasteiger partial charge in [-0.1, -0.05) is 53.6 Å². The standard InChI is InChI=1S/C25H22N4O/c1-17-6-10-19(11-7-17)23-14-15-24(29-28-23)26-22-5-3-4-20(16-22)25(30)27-21-12-8-18(2)9-13-21/h3-16H,1-2H3,(H,26,29)(H,27,30). The Hall–Kier alpha value is -3.99. The Bertz CT molecular complexity index is 1150. The second-order valence-electron chi connectivity index (χ2n) is 7.20. The van der Waals surface area contributed by atoms with Crippen LogP contribution in [0, 0.1) is 13.8 Å². The van der Waals surface area contributed by atoms with Gasteiger partial charge >= 0.3 is 0 Å². The fraction of sp³-hybridized carbons (Fsp3) is 0.0800. The number of nitrogens with one attached hydrogen (secondary N) is 2. The zero-order valence-corrected chi connectivity index (χ0v) is 16.9. The van der Waals surface area contributed by atoms with Crippen LogP contribution >= 0.6 is 0 Å². The van der Waals surface area contributed by atoms with E-state index in [1.165, 1.54) is 5.56 Å². The average Bonchev–Trinajstić information content (AvgIpc) is 2.77. The maximum atomic E-state index is 12.6. The van der Waals surface area contributed by atoms with Gasteiger partial charge in [-0.15, -0.1) is 10.2 Å². The van der Waals surface area contributed by atoms with Crippen LogP contribution in [0.2, 0.25) is 0 Å². The van der Waals surface area contributed by atoms with Crippen molar-refractivity contribution in [1.29, 1.82) is 0 Å². The first kappa shape index (κ1) is 19.3. The van der Waals surface area contributed by atoms with Crippen molar-refractivity contribution in [3.63, 3.8) is 0 Å². The number of hydrogen-bond acceptors (Lipinski definition) is 4. The molecule has 0 aliphatic rings. The van der Waals surface area contributed by atoms with Crippen LogP contribution in [-0.4, -0.2) is 16.1 Å². The summed E-state index contributed by atoms with van der Waals surface area (Å²) in [5.41, 5.74) is 6.28. The van der Waals surface area contributed by atoms with E-state index >= 15 is 0 Å². The number of nitrogens with zero attached hydrogens (tertiary/aromatic N) is 2. The Balaban J connectivity index is 1.45. The first-order valence-electron chi connectivity index (χ1n) is 9.73. The molecule has 0 aliphatic carbocycles. The van der Waals surface area contributed by atoms with E-state index in [1.54, 1.807) is 12.1 Å². The van der Waals surface area contributed by atoms with Crippen LogP contribution in [0.1, 0.15) is 21.5 Å². The van der Waals surface area contributed by atoms with Crippen molar-refractivity contribution < 1.29 is 4.79 Å². The van der Waals surface area contributed by atoms with Gasteiger partial charge in [0.1, 0.15) is 0 Å². The third-order valence-corrected chi connectivity index (χ3v) is 4.72. The Morgan fingerprint density at radius 2 is 1.43 bits per heavy atom. The molecule has 5 nitrogen and oxygen atoms in total. The van der Waals surface area contributed by atoms with Crippen LogP contribution in [0.15, 0.2) is 84.9 Å². The van der Waals surface area contributed by atoms with Crippen molar-refractivity contribution in [2.45, 2.75) is 13.8 Å². The summed E-state index contributed by atoms with van der Waals surface area (Å²) in [7, 11) is 0. The van der Waals surface area contributed by atoms with Crippen LogP contribution in [0.5, 0.6) is 0 Å². The highest BCUT2D eigenvalue weighted by Crippen LogP contribution is 2.20. The second kappa shape index (κ2) is 8.57. The van der Waals surface area contributed by atoms with Gasteiger partial charge in [0.25, 0.3) is 5.91 Å². The lowest BCUT2D eigenvalue weighted by molar-refractivity contribution is 0.102. The van der Waals surface area contributed by atoms with E-state index in [0.29, 0.717) is 11.4 Å². The van der Waals surface area contributed by atoms with E-state index in [0.717, 1.165) is 28.2 Å². The highest BCUT2D eigenvalue weighted by Gasteiger charge is 2.08. The maximum Gasteiger partial charge on any atom is 0.255 e. The summed E-state index contributed by atoms with van der Waals surface area (Å²) in [5.74, 6) is 0.449. The highest BCUT2D eigenvalue weighted by molar-refractivity contribution is 6.04. The van der Waals surface area contributed by atoms with E-state index in [1.807, 2.05) is 67.6 Å². The maximum absolute atomic E-state index is 12.6. The highest BCUT2D eigenvalue weighted by atomic mass is 16.1. The molecular weight excluding hydrogens is 372 g/mol. The van der Waals surface area contributed by atoms with Crippen molar-refractivity contribution in [3.8, 4) is 11.3 Å². The summed E-state index contributed by atoms with van der Waals surface area (Å²) in [4.78, 5) is 12.6. The van der Waals surface area contributed by atoms with Crippen molar-refractivity contribution >= 4 is 23.1 Å². The molecule has 2 N–H and O–H groups in total. The molecule has 0 aliphatic heterocycles. The molecule has 3 aromatic carbocycles. The number of anilines is 3. The minimum atomic E-state index is -0.164. The number of amides is 1. The molecule has 1 aromatic heterocycles. The molecule has 0 saturated carbocycles. The Kier molecular flexibility index (Phi) is 5.52. The molecule has 4 rings (SSSR count). The molecule has 0 fully saturated rings. The van der Waals surface area contributed by atoms with Crippen LogP contribution in [0.3, 0.4) is 0 Å². The van der Waals surface area contributed by atoms with Gasteiger partial charge in [0.2, 0.25) is 0 Å². The van der Waals surface area contributed by atoms with E-state index in [9.17, 15) is 4.79 Å². The quantitative estimate of drug-likeness (QED) is 0.452. The zero-order valence-electron chi connectivity index (χ0n) is 16.9. The van der Waals surface area contributed by atoms with Crippen molar-refractivity contribution in [2.75, 3.05) is 10.6 Å². The summed E-state index contributed by atoms with van der Waals surface area (Å²) >= 11 is 0. The van der Waals surface area contributed by atoms with Crippen LogP contribution in [0.25, 0.3) is 11.3 Å². The van der Waals surface area contributed by atoms with Crippen LogP contribution in [0.4, 0.5) is 17.2 Å². The molecule has 0 radical (unpaired) electrons. The minimum Gasteiger partial charge on any atom is -0.339 e. The summed E-state index contributed by atoms with van der Waals surface area (Å²) in [6.45, 7) is 4.06. The number of aromatic nitrogens is 2. The molecule has 148 valence electrons. The number of carbonyl (C=O) groups is 1. The lowest BCUT2D eigenvalue weighted by atomic mass is 10.1. The predicted molar refractivity (Wildman–Crippen MR) is 121 cm³/mol. The van der Waals surface area contributed by atoms with E-state index in [-0.39, 0.29) is 5.91 Å². The number of hydrogen-bond donors (Lipinski definition) is 2. The number of rotatable bonds is 5. The molecule has 0 atom stereocenters. The minimum absolute atomic E-state index is 0.164. The van der Waals surface area contributed by atoms with Crippen molar-refractivity contribution in [3.05, 3.63) is 102 Å². The Morgan fingerprint density at radius 3 is 2.10 bits per heavy atom. The lowest BCUT2D eigenvalue weighted by Crippen LogP contribution is -2.12. The van der Waals surface area contributed by atoms with E-state index in [4.69, 9.17) is 0 Å². The molecule has 1 amide bonds. The molecule has 30 heavy (non-hydrogen) atoms. The van der Waals surface area contributed by atoms with Gasteiger partial charge in [-0.05, 0) is 56.3 Å². The molecule has 0 unspecified atom stereocenters. The van der Waals surface area contributed by atoms with Gasteiger partial charge in [-0.3, -0.25) is 4.79 Å². The topological polar surface area (TPSA) is 66.9 Å². The van der Waals surface area contributed by atoms with Crippen LogP contribution in [-0.2, 0) is 0 Å². The fourth-order valence-electron chi connectivity index (χ4n) is 3.00. The van der Waals surface area contributed by atoms with Crippen molar-refractivity contribution in [2.24, 2.45) is 0 Å². The molecule has 5 heteroatoms. The summed E-state index contributed by atoms with van der Waals surface area (Å²) < 4.78 is 0. The smallest absolute Gasteiger partial charge is 0.255 e. The Labute approximate surface area is 175 Å². The van der Waals surface area contributed by atoms with Gasteiger partial charge in [-0.2, -0.15) is 0 Å². The van der Waals surface area contributed by atoms with Crippen LogP contribution < -0.4 is 10.6 Å². The third-order valence-electron chi connectivity index (χ3n) is 4.72. The normalized spacial score (nSPS) is 10.5. The van der Waals surface area contributed by atoms with Crippen molar-refractivity contribution in [1.82, 2.24) is 10.2 Å². The molecular formula is C25H22N4O. The first-order valence-corrected chi connectivity index (χ1v) is 9.73. The summed E-state index contributed by atoms with van der Waals surface area (Å²) in [6, 6.07) is 27.0. The number of carbonyl (C=O) groups excluding carboxylic acids is 1. The molecule has 0 saturated heterocycles. The molecule has 1 heterocycles. The van der Waals surface area contributed by atoms with Gasteiger partial charge < -0.3 is 10.6 Å². The van der Waals surface area contributed by atoms with E-state index in [2.05, 4.69) is 39.9 Å². The van der Waals surface area contributed by atoms with Gasteiger partial charge in [0.15, 0.2) is 5.82 Å². The van der Waals surface area contributed by atoms with Gasteiger partial charge in [0.05, 0.1) is 5.69 Å². The number of benzene rings is 3. The molecule has 0 spiro atoms. The van der Waals surface area contributed by atoms with Gasteiger partial charge in [-0.25, -0.2) is 0 Å². The monoisotopic (exact) mass is 394 g/mol. The molecule has 0 bridgehead atoms. The summed E-state index contributed by atoms with van der Waals surface area (Å²) in [5, 5.41) is 14.7. The average molecular weight is 394 g/mol. The fourth-order valence-corrected chi connectivity index (χ4v) is 3.00. The second-order valence-corrected chi connectivity index (χ2v) is 7.20. The van der Waals surface area contributed by atoms with E-state index < -0.39 is 0 Å². The third kappa shape index (κ3) is 4.70. The molecule has 4 aromatic rings.